The molecule has 0 bridgehead atoms. The number of β-amino-alcohol motifs (C(OH)–C–C–N with tert-alkyl or cyclic N) is 1. The number of aryl methyl sites for hydroxylation is 1. The Hall–Kier alpha value is -2.91. The highest BCUT2D eigenvalue weighted by Gasteiger charge is 2.43. The van der Waals surface area contributed by atoms with Crippen LogP contribution >= 0.6 is 11.3 Å². The maximum absolute atomic E-state index is 13.5. The second-order valence-electron chi connectivity index (χ2n) is 9.40. The Bertz CT molecular complexity index is 1120. The molecule has 0 unspecified atom stereocenters. The monoisotopic (exact) mass is 481 g/mol. The molecule has 1 saturated heterocycles. The third-order valence-electron chi connectivity index (χ3n) is 6.37. The fourth-order valence-electron chi connectivity index (χ4n) is 4.61. The molecule has 1 fully saturated rings. The van der Waals surface area contributed by atoms with Crippen molar-refractivity contribution >= 4 is 34.6 Å². The first-order valence-corrected chi connectivity index (χ1v) is 12.5. The van der Waals surface area contributed by atoms with Crippen LogP contribution in [0.4, 0.5) is 0 Å². The second-order valence-corrected chi connectivity index (χ2v) is 10.3. The summed E-state index contributed by atoms with van der Waals surface area (Å²) in [5.74, 6) is -0.866. The van der Waals surface area contributed by atoms with Crippen molar-refractivity contribution in [3.63, 3.8) is 0 Å². The third kappa shape index (κ3) is 5.10. The van der Waals surface area contributed by atoms with Crippen LogP contribution in [0, 0.1) is 18.8 Å². The van der Waals surface area contributed by atoms with Gasteiger partial charge in [-0.3, -0.25) is 9.59 Å². The van der Waals surface area contributed by atoms with Crippen molar-refractivity contribution in [3.8, 4) is 10.4 Å². The van der Waals surface area contributed by atoms with Crippen LogP contribution in [-0.2, 0) is 16.1 Å². The van der Waals surface area contributed by atoms with Gasteiger partial charge in [-0.05, 0) is 30.9 Å². The molecular formula is C25H31N5O3S. The van der Waals surface area contributed by atoms with Crippen molar-refractivity contribution in [2.45, 2.75) is 59.2 Å². The number of hydrogen-bond donors (Lipinski definition) is 2. The average molecular weight is 482 g/mol. The van der Waals surface area contributed by atoms with Crippen LogP contribution < -0.4 is 5.32 Å². The van der Waals surface area contributed by atoms with E-state index in [0.29, 0.717) is 13.0 Å². The van der Waals surface area contributed by atoms with Gasteiger partial charge in [0.2, 0.25) is 11.8 Å². The second kappa shape index (κ2) is 10.1. The first-order chi connectivity index (χ1) is 16.2. The Labute approximate surface area is 203 Å². The Morgan fingerprint density at radius 3 is 2.53 bits per heavy atom. The van der Waals surface area contributed by atoms with Crippen LogP contribution in [0.2, 0.25) is 0 Å². The normalized spacial score (nSPS) is 20.9. The number of hydrogen-bond acceptors (Lipinski definition) is 7. The number of amides is 2. The summed E-state index contributed by atoms with van der Waals surface area (Å²) in [5.41, 5.74) is 6.50. The summed E-state index contributed by atoms with van der Waals surface area (Å²) in [6.45, 7) is 8.31. The Morgan fingerprint density at radius 2 is 1.94 bits per heavy atom. The molecule has 0 spiro atoms. The lowest BCUT2D eigenvalue weighted by atomic mass is 9.87. The van der Waals surface area contributed by atoms with Gasteiger partial charge in [0.05, 0.1) is 33.8 Å². The molecular weight excluding hydrogens is 450 g/mol. The maximum Gasteiger partial charge on any atom is 0.243 e. The van der Waals surface area contributed by atoms with Crippen molar-refractivity contribution in [2.24, 2.45) is 22.0 Å². The van der Waals surface area contributed by atoms with E-state index in [2.05, 4.69) is 20.5 Å². The number of rotatable bonds is 7. The molecule has 34 heavy (non-hydrogen) atoms. The SMILES string of the molecule is CC1=NN=C([C@H](C(=O)N2C[C@H](O)C[C@H]2C(=O)NCc2ccc(-c3scnc3C)cc2)C(C)C)C1. The fourth-order valence-corrected chi connectivity index (χ4v) is 5.42. The predicted octanol–water partition coefficient (Wildman–Crippen LogP) is 3.19. The number of likely N-dealkylation sites (tertiary alicyclic amines) is 1. The molecule has 1 aromatic heterocycles. The van der Waals surface area contributed by atoms with Crippen molar-refractivity contribution < 1.29 is 14.7 Å². The van der Waals surface area contributed by atoms with Crippen LogP contribution in [0.1, 0.15) is 44.9 Å². The summed E-state index contributed by atoms with van der Waals surface area (Å²) in [4.78, 5) is 33.5. The Morgan fingerprint density at radius 1 is 1.21 bits per heavy atom. The highest BCUT2D eigenvalue weighted by atomic mass is 32.1. The molecule has 0 radical (unpaired) electrons. The van der Waals surface area contributed by atoms with Gasteiger partial charge >= 0.3 is 0 Å². The minimum Gasteiger partial charge on any atom is -0.391 e. The summed E-state index contributed by atoms with van der Waals surface area (Å²) in [6, 6.07) is 7.31. The van der Waals surface area contributed by atoms with E-state index in [1.54, 1.807) is 11.3 Å². The van der Waals surface area contributed by atoms with Crippen molar-refractivity contribution in [1.82, 2.24) is 15.2 Å². The van der Waals surface area contributed by atoms with E-state index >= 15 is 0 Å². The van der Waals surface area contributed by atoms with Gasteiger partial charge in [0.15, 0.2) is 0 Å². The van der Waals surface area contributed by atoms with Crippen LogP contribution in [-0.4, -0.2) is 56.9 Å². The number of nitrogens with one attached hydrogen (secondary N) is 1. The minimum absolute atomic E-state index is 0.00880. The van der Waals surface area contributed by atoms with Gasteiger partial charge in [0.25, 0.3) is 0 Å². The van der Waals surface area contributed by atoms with Gasteiger partial charge in [-0.15, -0.1) is 11.3 Å². The van der Waals surface area contributed by atoms with Crippen molar-refractivity contribution in [3.05, 3.63) is 41.0 Å². The van der Waals surface area contributed by atoms with Gasteiger partial charge in [0.1, 0.15) is 6.04 Å². The first kappa shape index (κ1) is 24.2. The minimum atomic E-state index is -0.724. The predicted molar refractivity (Wildman–Crippen MR) is 134 cm³/mol. The van der Waals surface area contributed by atoms with Crippen molar-refractivity contribution in [1.29, 1.82) is 0 Å². The van der Waals surface area contributed by atoms with E-state index in [0.717, 1.165) is 33.1 Å². The molecule has 3 atom stereocenters. The smallest absolute Gasteiger partial charge is 0.243 e. The van der Waals surface area contributed by atoms with Crippen LogP contribution in [0.15, 0.2) is 40.0 Å². The molecule has 2 aliphatic rings. The quantitative estimate of drug-likeness (QED) is 0.633. The molecule has 2 aromatic rings. The van der Waals surface area contributed by atoms with Gasteiger partial charge < -0.3 is 15.3 Å². The number of aliphatic hydroxyl groups is 1. The molecule has 180 valence electrons. The lowest BCUT2D eigenvalue weighted by Crippen LogP contribution is -2.50. The standard InChI is InChI=1S/C25H31N5O3S/c1-14(2)22(20-9-15(3)28-29-20)25(33)30-12-19(31)10-21(30)24(32)26-11-17-5-7-18(8-6-17)23-16(4)27-13-34-23/h5-8,13-14,19,21-22,31H,9-12H2,1-4H3,(H,26,32)/t19-,21+,22-/m1/s1. The number of aliphatic hydroxyl groups excluding tert-OH is 1. The molecule has 2 amide bonds. The Kier molecular flexibility index (Phi) is 7.23. The highest BCUT2D eigenvalue weighted by molar-refractivity contribution is 7.13. The first-order valence-electron chi connectivity index (χ1n) is 11.6. The van der Waals surface area contributed by atoms with Crippen LogP contribution in [0.25, 0.3) is 10.4 Å². The van der Waals surface area contributed by atoms with Gasteiger partial charge in [-0.25, -0.2) is 4.98 Å². The van der Waals surface area contributed by atoms with Crippen LogP contribution in [0.5, 0.6) is 0 Å². The van der Waals surface area contributed by atoms with E-state index in [4.69, 9.17) is 0 Å². The number of carbonyl (C=O) groups is 2. The highest BCUT2D eigenvalue weighted by Crippen LogP contribution is 2.28. The Balaban J connectivity index is 1.41. The summed E-state index contributed by atoms with van der Waals surface area (Å²) < 4.78 is 0. The third-order valence-corrected chi connectivity index (χ3v) is 7.35. The number of thiazole rings is 1. The molecule has 0 aliphatic carbocycles. The summed E-state index contributed by atoms with van der Waals surface area (Å²) in [5, 5.41) is 21.6. The van der Waals surface area contributed by atoms with E-state index in [-0.39, 0.29) is 30.7 Å². The van der Waals surface area contributed by atoms with E-state index in [1.165, 1.54) is 4.90 Å². The van der Waals surface area contributed by atoms with Gasteiger partial charge in [-0.1, -0.05) is 38.1 Å². The number of benzene rings is 1. The molecule has 2 aliphatic heterocycles. The van der Waals surface area contributed by atoms with Crippen molar-refractivity contribution in [2.75, 3.05) is 6.54 Å². The molecule has 4 rings (SSSR count). The summed E-state index contributed by atoms with van der Waals surface area (Å²) >= 11 is 1.60. The molecule has 3 heterocycles. The van der Waals surface area contributed by atoms with Gasteiger partial charge in [0, 0.05) is 31.6 Å². The average Bonchev–Trinajstić information content (AvgIpc) is 3.52. The van der Waals surface area contributed by atoms with E-state index in [1.807, 2.05) is 57.5 Å². The molecule has 8 nitrogen and oxygen atoms in total. The number of carbonyl (C=O) groups excluding carboxylic acids is 2. The molecule has 1 aromatic carbocycles. The fraction of sp³-hybridized carbons (Fsp3) is 0.480. The zero-order valence-electron chi connectivity index (χ0n) is 20.0. The molecule has 2 N–H and O–H groups in total. The number of aromatic nitrogens is 1. The molecule has 0 saturated carbocycles. The summed E-state index contributed by atoms with van der Waals surface area (Å²) in [6.07, 6.45) is 0.0744. The topological polar surface area (TPSA) is 107 Å². The lowest BCUT2D eigenvalue weighted by molar-refractivity contribution is -0.141. The molecule has 9 heteroatoms. The zero-order chi connectivity index (χ0) is 24.4. The number of nitrogens with zero attached hydrogens (tertiary/aromatic N) is 4. The maximum atomic E-state index is 13.5. The van der Waals surface area contributed by atoms with E-state index < -0.39 is 18.1 Å². The largest absolute Gasteiger partial charge is 0.391 e. The van der Waals surface area contributed by atoms with Gasteiger partial charge in [-0.2, -0.15) is 10.2 Å². The van der Waals surface area contributed by atoms with Crippen LogP contribution in [0.3, 0.4) is 0 Å². The van der Waals surface area contributed by atoms with E-state index in [9.17, 15) is 14.7 Å². The summed E-state index contributed by atoms with van der Waals surface area (Å²) in [7, 11) is 0. The zero-order valence-corrected chi connectivity index (χ0v) is 20.8. The lowest BCUT2D eigenvalue weighted by Gasteiger charge is -2.29.